The molecule has 37 heavy (non-hydrogen) atoms. The first-order valence-electron chi connectivity index (χ1n) is 12.4. The van der Waals surface area contributed by atoms with Crippen molar-refractivity contribution in [2.75, 3.05) is 38.7 Å². The van der Waals surface area contributed by atoms with Crippen molar-refractivity contribution in [3.8, 4) is 11.5 Å². The Labute approximate surface area is 233 Å². The summed E-state index contributed by atoms with van der Waals surface area (Å²) in [6, 6.07) is 6.72. The third-order valence-corrected chi connectivity index (χ3v) is 8.01. The van der Waals surface area contributed by atoms with Crippen molar-refractivity contribution in [2.45, 2.75) is 26.7 Å². The molecule has 2 aliphatic rings. The predicted molar refractivity (Wildman–Crippen MR) is 150 cm³/mol. The van der Waals surface area contributed by atoms with Crippen molar-refractivity contribution in [3.05, 3.63) is 46.5 Å². The van der Waals surface area contributed by atoms with Crippen LogP contribution in [0.1, 0.15) is 26.7 Å². The molecule has 1 N–H and O–H groups in total. The van der Waals surface area contributed by atoms with Gasteiger partial charge in [0.05, 0.1) is 35.0 Å². The van der Waals surface area contributed by atoms with Crippen molar-refractivity contribution in [1.82, 2.24) is 14.9 Å². The van der Waals surface area contributed by atoms with Gasteiger partial charge in [0.15, 0.2) is 17.3 Å². The van der Waals surface area contributed by atoms with Crippen LogP contribution in [0.4, 0.5) is 15.9 Å². The Morgan fingerprint density at radius 2 is 1.84 bits per heavy atom. The summed E-state index contributed by atoms with van der Waals surface area (Å²) in [5.41, 5.74) is 0.832. The average molecular weight is 570 g/mol. The summed E-state index contributed by atoms with van der Waals surface area (Å²) in [5, 5.41) is 3.68. The first-order valence-corrected chi connectivity index (χ1v) is 13.2. The molecular weight excluding hydrogens is 538 g/mol. The highest BCUT2D eigenvalue weighted by Crippen LogP contribution is 2.43. The fraction of sp³-hybridized carbons (Fsp3) is 0.481. The smallest absolute Gasteiger partial charge is 0.166 e. The van der Waals surface area contributed by atoms with Crippen molar-refractivity contribution in [3.63, 3.8) is 0 Å². The van der Waals surface area contributed by atoms with Gasteiger partial charge in [-0.25, -0.2) is 14.4 Å². The van der Waals surface area contributed by atoms with Crippen LogP contribution < -0.4 is 14.8 Å². The van der Waals surface area contributed by atoms with Gasteiger partial charge in [0.2, 0.25) is 0 Å². The van der Waals surface area contributed by atoms with Crippen LogP contribution >= 0.6 is 35.6 Å². The number of halogens is 4. The largest absolute Gasteiger partial charge is 0.493 e. The van der Waals surface area contributed by atoms with Crippen LogP contribution in [0.25, 0.3) is 10.9 Å². The van der Waals surface area contributed by atoms with Crippen molar-refractivity contribution < 1.29 is 13.9 Å². The number of ether oxygens (including phenoxy) is 2. The molecular formula is C27H32Cl3FN4O2. The van der Waals surface area contributed by atoms with Crippen LogP contribution in [0.5, 0.6) is 11.5 Å². The van der Waals surface area contributed by atoms with Crippen LogP contribution in [-0.2, 0) is 0 Å². The number of anilines is 2. The number of benzene rings is 2. The summed E-state index contributed by atoms with van der Waals surface area (Å²) in [6.07, 6.45) is 3.85. The molecule has 0 spiro atoms. The molecule has 5 rings (SSSR count). The Balaban J connectivity index is 0.00000320. The molecule has 0 bridgehead atoms. The van der Waals surface area contributed by atoms with E-state index in [-0.39, 0.29) is 28.1 Å². The maximum Gasteiger partial charge on any atom is 0.166 e. The molecule has 3 aromatic rings. The fourth-order valence-electron chi connectivity index (χ4n) is 5.72. The number of nitrogens with one attached hydrogen (secondary N) is 1. The average Bonchev–Trinajstić information content (AvgIpc) is 3.40. The lowest BCUT2D eigenvalue weighted by molar-refractivity contribution is 0.216. The number of aromatic nitrogens is 2. The Hall–Kier alpha value is -2.06. The molecule has 0 amide bonds. The number of likely N-dealkylation sites (tertiary alicyclic amines) is 1. The SMILES string of the molecule is COc1cc2c(Nc3ccc(Cl)c(Cl)c3F)ncnc2cc1OCC1C[C@@H]2CN(CC(C)C)C[C@@H]2C1.Cl. The molecule has 10 heteroatoms. The molecule has 1 saturated heterocycles. The van der Waals surface area contributed by atoms with E-state index < -0.39 is 5.82 Å². The van der Waals surface area contributed by atoms with Crippen LogP contribution in [0.15, 0.2) is 30.6 Å². The molecule has 1 aliphatic heterocycles. The maximum atomic E-state index is 14.6. The highest BCUT2D eigenvalue weighted by Gasteiger charge is 2.41. The number of hydrogen-bond donors (Lipinski definition) is 1. The topological polar surface area (TPSA) is 59.5 Å². The Bertz CT molecular complexity index is 1250. The van der Waals surface area contributed by atoms with Gasteiger partial charge >= 0.3 is 0 Å². The van der Waals surface area contributed by atoms with Crippen molar-refractivity contribution in [2.24, 2.45) is 23.7 Å². The second kappa shape index (κ2) is 11.8. The van der Waals surface area contributed by atoms with Gasteiger partial charge in [-0.05, 0) is 54.7 Å². The molecule has 3 atom stereocenters. The molecule has 0 radical (unpaired) electrons. The standard InChI is InChI=1S/C27H31Cl2FN4O2.ClH/c1-15(2)10-34-11-17-6-16(7-18(17)12-34)13-36-24-9-22-19(8-23(24)35-3)27(32-14-31-22)33-21-5-4-20(28)25(29)26(21)30;/h4-5,8-9,14-18H,6-7,10-13H2,1-3H3,(H,31,32,33);1H/t16?,17-,18+;. The van der Waals surface area contributed by atoms with Gasteiger partial charge in [-0.1, -0.05) is 37.0 Å². The molecule has 6 nitrogen and oxygen atoms in total. The molecule has 2 fully saturated rings. The number of rotatable bonds is 8. The number of hydrogen-bond acceptors (Lipinski definition) is 6. The van der Waals surface area contributed by atoms with E-state index in [2.05, 4.69) is 34.0 Å². The van der Waals surface area contributed by atoms with Gasteiger partial charge in [-0.2, -0.15) is 0 Å². The van der Waals surface area contributed by atoms with E-state index in [1.54, 1.807) is 7.11 Å². The Kier molecular flexibility index (Phi) is 8.89. The van der Waals surface area contributed by atoms with E-state index in [1.807, 2.05) is 12.1 Å². The normalized spacial score (nSPS) is 21.2. The van der Waals surface area contributed by atoms with E-state index in [0.717, 1.165) is 11.8 Å². The Morgan fingerprint density at radius 3 is 2.51 bits per heavy atom. The molecule has 2 heterocycles. The summed E-state index contributed by atoms with van der Waals surface area (Å²) in [7, 11) is 1.60. The van der Waals surface area contributed by atoms with Gasteiger partial charge in [0, 0.05) is 31.1 Å². The second-order valence-electron chi connectivity index (χ2n) is 10.4. The Morgan fingerprint density at radius 1 is 1.11 bits per heavy atom. The van der Waals surface area contributed by atoms with Gasteiger partial charge in [-0.15, -0.1) is 12.4 Å². The van der Waals surface area contributed by atoms with Gasteiger partial charge in [0.25, 0.3) is 0 Å². The molecule has 1 aliphatic carbocycles. The van der Waals surface area contributed by atoms with Crippen LogP contribution in [0, 0.1) is 29.5 Å². The lowest BCUT2D eigenvalue weighted by Gasteiger charge is -2.21. The van der Waals surface area contributed by atoms with Gasteiger partial charge < -0.3 is 19.7 Å². The summed E-state index contributed by atoms with van der Waals surface area (Å²) in [5.74, 6) is 3.82. The van der Waals surface area contributed by atoms with E-state index in [4.69, 9.17) is 32.7 Å². The zero-order valence-electron chi connectivity index (χ0n) is 21.1. The molecule has 2 aromatic carbocycles. The number of methoxy groups -OCH3 is 1. The lowest BCUT2D eigenvalue weighted by atomic mass is 10.0. The minimum Gasteiger partial charge on any atom is -0.493 e. The zero-order valence-corrected chi connectivity index (χ0v) is 23.5. The maximum absolute atomic E-state index is 14.6. The summed E-state index contributed by atoms with van der Waals surface area (Å²) in [4.78, 5) is 11.3. The third kappa shape index (κ3) is 6.00. The molecule has 1 unspecified atom stereocenters. The van der Waals surface area contributed by atoms with Crippen molar-refractivity contribution >= 4 is 58.0 Å². The van der Waals surface area contributed by atoms with Gasteiger partial charge in [0.1, 0.15) is 12.1 Å². The van der Waals surface area contributed by atoms with Crippen molar-refractivity contribution in [1.29, 1.82) is 0 Å². The first-order chi connectivity index (χ1) is 17.3. The summed E-state index contributed by atoms with van der Waals surface area (Å²) >= 11 is 11.9. The molecule has 200 valence electrons. The number of fused-ring (bicyclic) bond motifs is 2. The van der Waals surface area contributed by atoms with Crippen LogP contribution in [0.3, 0.4) is 0 Å². The minimum absolute atomic E-state index is 0. The lowest BCUT2D eigenvalue weighted by Crippen LogP contribution is -2.27. The third-order valence-electron chi connectivity index (χ3n) is 7.23. The fourth-order valence-corrected chi connectivity index (χ4v) is 6.03. The van der Waals surface area contributed by atoms with Crippen LogP contribution in [-0.4, -0.2) is 48.2 Å². The van der Waals surface area contributed by atoms with E-state index in [9.17, 15) is 4.39 Å². The minimum atomic E-state index is -0.642. The highest BCUT2D eigenvalue weighted by molar-refractivity contribution is 6.42. The van der Waals surface area contributed by atoms with Crippen LogP contribution in [0.2, 0.25) is 10.0 Å². The second-order valence-corrected chi connectivity index (χ2v) is 11.2. The zero-order chi connectivity index (χ0) is 25.4. The molecule has 1 aromatic heterocycles. The first kappa shape index (κ1) is 28.0. The molecule has 1 saturated carbocycles. The van der Waals surface area contributed by atoms with E-state index >= 15 is 0 Å². The highest BCUT2D eigenvalue weighted by atomic mass is 35.5. The van der Waals surface area contributed by atoms with Gasteiger partial charge in [-0.3, -0.25) is 0 Å². The predicted octanol–water partition coefficient (Wildman–Crippen LogP) is 7.24. The summed E-state index contributed by atoms with van der Waals surface area (Å²) in [6.45, 7) is 8.85. The van der Waals surface area contributed by atoms with E-state index in [0.29, 0.717) is 46.7 Å². The summed E-state index contributed by atoms with van der Waals surface area (Å²) < 4.78 is 26.5. The van der Waals surface area contributed by atoms with E-state index in [1.165, 1.54) is 50.9 Å². The number of nitrogens with zero attached hydrogens (tertiary/aromatic N) is 3. The quantitative estimate of drug-likeness (QED) is 0.289. The monoisotopic (exact) mass is 568 g/mol.